The van der Waals surface area contributed by atoms with Gasteiger partial charge in [0.05, 0.1) is 5.69 Å². The van der Waals surface area contributed by atoms with Gasteiger partial charge in [-0.1, -0.05) is 12.1 Å². The minimum Gasteiger partial charge on any atom is -0.382 e. The molecular weight excluding hydrogens is 191 g/mol. The van der Waals surface area contributed by atoms with Gasteiger partial charge in [0.1, 0.15) is 5.82 Å². The maximum atomic E-state index is 13.2. The van der Waals surface area contributed by atoms with Gasteiger partial charge < -0.3 is 5.32 Å². The van der Waals surface area contributed by atoms with Crippen molar-refractivity contribution in [3.05, 3.63) is 29.6 Å². The first-order chi connectivity index (χ1) is 6.58. The van der Waals surface area contributed by atoms with E-state index in [2.05, 4.69) is 5.32 Å². The van der Waals surface area contributed by atoms with Gasteiger partial charge >= 0.3 is 0 Å². The summed E-state index contributed by atoms with van der Waals surface area (Å²) >= 11 is 0. The molecule has 0 saturated heterocycles. The van der Waals surface area contributed by atoms with Crippen molar-refractivity contribution in [2.75, 3.05) is 11.9 Å². The second-order valence-electron chi connectivity index (χ2n) is 3.48. The molecular formula is C10H10F3N. The fraction of sp³-hybridized carbons (Fsp3) is 0.400. The molecule has 0 spiro atoms. The van der Waals surface area contributed by atoms with Crippen LogP contribution in [0.3, 0.4) is 0 Å². The molecule has 0 saturated carbocycles. The summed E-state index contributed by atoms with van der Waals surface area (Å²) in [4.78, 5) is 0. The van der Waals surface area contributed by atoms with Crippen molar-refractivity contribution in [3.63, 3.8) is 0 Å². The molecule has 1 aromatic carbocycles. The van der Waals surface area contributed by atoms with Gasteiger partial charge in [-0.05, 0) is 11.6 Å². The highest BCUT2D eigenvalue weighted by atomic mass is 19.3. The number of para-hydroxylation sites is 1. The Balaban J connectivity index is 2.42. The number of rotatable bonds is 0. The number of anilines is 1. The summed E-state index contributed by atoms with van der Waals surface area (Å²) in [6.07, 6.45) is -0.631. The number of nitrogens with one attached hydrogen (secondary N) is 1. The van der Waals surface area contributed by atoms with Gasteiger partial charge in [-0.15, -0.1) is 0 Å². The maximum absolute atomic E-state index is 13.2. The second-order valence-corrected chi connectivity index (χ2v) is 3.48. The lowest BCUT2D eigenvalue weighted by Gasteiger charge is -2.12. The average Bonchev–Trinajstić information content (AvgIpc) is 2.23. The third kappa shape index (κ3) is 1.69. The Morgan fingerprint density at radius 2 is 2.07 bits per heavy atom. The molecule has 1 N–H and O–H groups in total. The summed E-state index contributed by atoms with van der Waals surface area (Å²) in [7, 11) is 0. The van der Waals surface area contributed by atoms with Crippen LogP contribution in [-0.2, 0) is 6.42 Å². The van der Waals surface area contributed by atoms with Crippen LogP contribution < -0.4 is 5.32 Å². The quantitative estimate of drug-likeness (QED) is 0.680. The van der Waals surface area contributed by atoms with Crippen molar-refractivity contribution >= 4 is 5.69 Å². The second kappa shape index (κ2) is 3.19. The third-order valence-electron chi connectivity index (χ3n) is 2.34. The number of alkyl halides is 2. The van der Waals surface area contributed by atoms with E-state index in [-0.39, 0.29) is 25.1 Å². The van der Waals surface area contributed by atoms with E-state index in [0.717, 1.165) is 0 Å². The number of fused-ring (bicyclic) bond motifs is 1. The van der Waals surface area contributed by atoms with E-state index in [0.29, 0.717) is 5.56 Å². The van der Waals surface area contributed by atoms with Crippen LogP contribution in [0.25, 0.3) is 0 Å². The number of benzene rings is 1. The summed E-state index contributed by atoms with van der Waals surface area (Å²) < 4.78 is 39.4. The molecule has 1 aliphatic rings. The van der Waals surface area contributed by atoms with Gasteiger partial charge in [0.15, 0.2) is 0 Å². The van der Waals surface area contributed by atoms with Crippen LogP contribution in [0.1, 0.15) is 12.0 Å². The van der Waals surface area contributed by atoms with Crippen LogP contribution in [0, 0.1) is 5.82 Å². The van der Waals surface area contributed by atoms with Crippen molar-refractivity contribution < 1.29 is 13.2 Å². The Labute approximate surface area is 79.9 Å². The van der Waals surface area contributed by atoms with Gasteiger partial charge in [-0.25, -0.2) is 13.2 Å². The molecule has 1 aromatic rings. The summed E-state index contributed by atoms with van der Waals surface area (Å²) in [5.74, 6) is -3.19. The molecule has 4 heteroatoms. The molecule has 0 aliphatic carbocycles. The van der Waals surface area contributed by atoms with Crippen molar-refractivity contribution in [1.82, 2.24) is 0 Å². The van der Waals surface area contributed by atoms with Gasteiger partial charge in [-0.3, -0.25) is 0 Å². The fourth-order valence-corrected chi connectivity index (χ4v) is 1.65. The van der Waals surface area contributed by atoms with E-state index in [1.807, 2.05) is 0 Å². The summed E-state index contributed by atoms with van der Waals surface area (Å²) in [5.41, 5.74) is 0.581. The third-order valence-corrected chi connectivity index (χ3v) is 2.34. The topological polar surface area (TPSA) is 12.0 Å². The van der Waals surface area contributed by atoms with Crippen LogP contribution in [0.5, 0.6) is 0 Å². The van der Waals surface area contributed by atoms with Crippen LogP contribution in [0.4, 0.5) is 18.9 Å². The SMILES string of the molecule is Fc1cccc2c1NCCC(F)(F)C2. The predicted octanol–water partition coefficient (Wildman–Crippen LogP) is 2.82. The Hall–Kier alpha value is -1.19. The molecule has 14 heavy (non-hydrogen) atoms. The molecule has 0 unspecified atom stereocenters. The molecule has 76 valence electrons. The number of hydrogen-bond acceptors (Lipinski definition) is 1. The Bertz CT molecular complexity index is 349. The zero-order chi connectivity index (χ0) is 10.2. The smallest absolute Gasteiger partial charge is 0.253 e. The van der Waals surface area contributed by atoms with Gasteiger partial charge in [0.2, 0.25) is 0 Å². The van der Waals surface area contributed by atoms with Crippen LogP contribution in [0.2, 0.25) is 0 Å². The summed E-state index contributed by atoms with van der Waals surface area (Å²) in [6.45, 7) is 0.112. The van der Waals surface area contributed by atoms with Gasteiger partial charge in [-0.2, -0.15) is 0 Å². The van der Waals surface area contributed by atoms with Crippen molar-refractivity contribution in [1.29, 1.82) is 0 Å². The molecule has 0 aromatic heterocycles. The zero-order valence-corrected chi connectivity index (χ0v) is 7.49. The van der Waals surface area contributed by atoms with Gasteiger partial charge in [0.25, 0.3) is 5.92 Å². The van der Waals surface area contributed by atoms with Crippen LogP contribution in [0.15, 0.2) is 18.2 Å². The summed E-state index contributed by atoms with van der Waals surface area (Å²) in [5, 5.41) is 2.69. The first-order valence-electron chi connectivity index (χ1n) is 4.48. The molecule has 2 rings (SSSR count). The van der Waals surface area contributed by atoms with E-state index in [4.69, 9.17) is 0 Å². The van der Waals surface area contributed by atoms with Crippen molar-refractivity contribution in [2.45, 2.75) is 18.8 Å². The summed E-state index contributed by atoms with van der Waals surface area (Å²) in [6, 6.07) is 4.26. The van der Waals surface area contributed by atoms with E-state index in [1.54, 1.807) is 0 Å². The van der Waals surface area contributed by atoms with E-state index < -0.39 is 11.7 Å². The highest BCUT2D eigenvalue weighted by Gasteiger charge is 2.32. The first kappa shape index (κ1) is 9.37. The standard InChI is InChI=1S/C10H10F3N/c11-8-3-1-2-7-6-10(12,13)4-5-14-9(7)8/h1-3,14H,4-6H2. The van der Waals surface area contributed by atoms with E-state index in [9.17, 15) is 13.2 Å². The molecule has 0 atom stereocenters. The monoisotopic (exact) mass is 201 g/mol. The maximum Gasteiger partial charge on any atom is 0.253 e. The lowest BCUT2D eigenvalue weighted by molar-refractivity contribution is -0.00195. The Kier molecular flexibility index (Phi) is 2.13. The number of hydrogen-bond donors (Lipinski definition) is 1. The lowest BCUT2D eigenvalue weighted by atomic mass is 10.1. The largest absolute Gasteiger partial charge is 0.382 e. The predicted molar refractivity (Wildman–Crippen MR) is 48.2 cm³/mol. The van der Waals surface area contributed by atoms with Crippen molar-refractivity contribution in [3.8, 4) is 0 Å². The van der Waals surface area contributed by atoms with Gasteiger partial charge in [0, 0.05) is 19.4 Å². The molecule has 0 amide bonds. The minimum absolute atomic E-state index is 0.112. The highest BCUT2D eigenvalue weighted by molar-refractivity contribution is 5.53. The van der Waals surface area contributed by atoms with Crippen LogP contribution >= 0.6 is 0 Å². The molecule has 0 bridgehead atoms. The van der Waals surface area contributed by atoms with Crippen LogP contribution in [-0.4, -0.2) is 12.5 Å². The Morgan fingerprint density at radius 3 is 2.86 bits per heavy atom. The normalized spacial score (nSPS) is 19.4. The number of halogens is 3. The lowest BCUT2D eigenvalue weighted by Crippen LogP contribution is -2.19. The molecule has 1 heterocycles. The van der Waals surface area contributed by atoms with Crippen molar-refractivity contribution in [2.24, 2.45) is 0 Å². The first-order valence-corrected chi connectivity index (χ1v) is 4.48. The fourth-order valence-electron chi connectivity index (χ4n) is 1.65. The molecule has 0 fully saturated rings. The molecule has 0 radical (unpaired) electrons. The molecule has 1 nitrogen and oxygen atoms in total. The van der Waals surface area contributed by atoms with E-state index in [1.165, 1.54) is 18.2 Å². The molecule has 1 aliphatic heterocycles. The highest BCUT2D eigenvalue weighted by Crippen LogP contribution is 2.32. The zero-order valence-electron chi connectivity index (χ0n) is 7.49. The minimum atomic E-state index is -2.73. The average molecular weight is 201 g/mol. The van der Waals surface area contributed by atoms with E-state index >= 15 is 0 Å². The Morgan fingerprint density at radius 1 is 1.29 bits per heavy atom.